The van der Waals surface area contributed by atoms with E-state index in [2.05, 4.69) is 22.6 Å². The fourth-order valence-electron chi connectivity index (χ4n) is 1.23. The van der Waals surface area contributed by atoms with Gasteiger partial charge in [-0.2, -0.15) is 0 Å². The van der Waals surface area contributed by atoms with Crippen LogP contribution in [0.3, 0.4) is 0 Å². The fourth-order valence-corrected chi connectivity index (χ4v) is 3.27. The molecule has 1 aromatic carbocycles. The summed E-state index contributed by atoms with van der Waals surface area (Å²) in [5.74, 6) is -0.912. The van der Waals surface area contributed by atoms with Gasteiger partial charge in [0.1, 0.15) is 0 Å². The summed E-state index contributed by atoms with van der Waals surface area (Å²) in [6, 6.07) is 5.20. The molecule has 0 spiro atoms. The Morgan fingerprint density at radius 2 is 2.21 bits per heavy atom. The molecule has 0 aliphatic rings. The van der Waals surface area contributed by atoms with E-state index in [1.54, 1.807) is 18.2 Å². The Hall–Kier alpha value is -0.330. The number of fused-ring (bicyclic) bond motifs is 1. The van der Waals surface area contributed by atoms with Gasteiger partial charge in [0.25, 0.3) is 0 Å². The summed E-state index contributed by atoms with van der Waals surface area (Å²) < 4.78 is 2.38. The van der Waals surface area contributed by atoms with Crippen molar-refractivity contribution in [1.82, 2.24) is 0 Å². The van der Waals surface area contributed by atoms with Crippen LogP contribution in [-0.4, -0.2) is 11.1 Å². The van der Waals surface area contributed by atoms with Crippen LogP contribution in [0, 0.1) is 3.57 Å². The number of rotatable bonds is 1. The summed E-state index contributed by atoms with van der Waals surface area (Å²) in [5, 5.41) is 9.86. The highest BCUT2D eigenvalue weighted by Crippen LogP contribution is 2.34. The normalized spacial score (nSPS) is 10.7. The third kappa shape index (κ3) is 1.62. The fraction of sp³-hybridized carbons (Fsp3) is 0. The third-order valence-electron chi connectivity index (χ3n) is 1.83. The van der Waals surface area contributed by atoms with Crippen molar-refractivity contribution in [3.8, 4) is 0 Å². The summed E-state index contributed by atoms with van der Waals surface area (Å²) in [5.41, 5.74) is 0.317. The lowest BCUT2D eigenvalue weighted by Crippen LogP contribution is -1.95. The topological polar surface area (TPSA) is 37.3 Å². The predicted molar refractivity (Wildman–Crippen MR) is 66.5 cm³/mol. The Morgan fingerprint density at radius 3 is 2.86 bits per heavy atom. The molecule has 72 valence electrons. The van der Waals surface area contributed by atoms with E-state index in [0.29, 0.717) is 9.90 Å². The van der Waals surface area contributed by atoms with Crippen molar-refractivity contribution >= 4 is 61.6 Å². The Bertz CT molecular complexity index is 521. The molecule has 0 bridgehead atoms. The molecule has 0 aliphatic heterocycles. The van der Waals surface area contributed by atoms with E-state index in [0.717, 1.165) is 13.7 Å². The molecule has 1 N–H and O–H groups in total. The maximum Gasteiger partial charge on any atom is 0.337 e. The molecule has 14 heavy (non-hydrogen) atoms. The van der Waals surface area contributed by atoms with Crippen molar-refractivity contribution in [3.05, 3.63) is 31.7 Å². The van der Waals surface area contributed by atoms with Crippen LogP contribution in [0.25, 0.3) is 10.1 Å². The number of halogens is 2. The molecular weight excluding hydrogens is 335 g/mol. The van der Waals surface area contributed by atoms with Crippen molar-refractivity contribution in [3.63, 3.8) is 0 Å². The second kappa shape index (κ2) is 3.67. The number of carboxylic acids is 1. The van der Waals surface area contributed by atoms with Crippen LogP contribution in [0.15, 0.2) is 18.2 Å². The zero-order chi connectivity index (χ0) is 10.3. The molecule has 2 rings (SSSR count). The lowest BCUT2D eigenvalue weighted by Gasteiger charge is -1.98. The molecule has 0 radical (unpaired) electrons. The van der Waals surface area contributed by atoms with Gasteiger partial charge in [-0.05, 0) is 40.8 Å². The molecule has 1 aromatic heterocycles. The van der Waals surface area contributed by atoms with Crippen LogP contribution >= 0.6 is 45.5 Å². The van der Waals surface area contributed by atoms with E-state index in [1.165, 1.54) is 11.3 Å². The number of hydrogen-bond acceptors (Lipinski definition) is 2. The minimum Gasteiger partial charge on any atom is -0.478 e. The number of hydrogen-bond donors (Lipinski definition) is 1. The van der Waals surface area contributed by atoms with Crippen molar-refractivity contribution in [1.29, 1.82) is 0 Å². The zero-order valence-corrected chi connectivity index (χ0v) is 10.5. The van der Waals surface area contributed by atoms with Crippen molar-refractivity contribution in [2.75, 3.05) is 0 Å². The van der Waals surface area contributed by atoms with Gasteiger partial charge in [0.2, 0.25) is 0 Å². The first kappa shape index (κ1) is 10.2. The molecule has 0 atom stereocenters. The number of thiophene rings is 1. The largest absolute Gasteiger partial charge is 0.478 e. The van der Waals surface area contributed by atoms with Crippen LogP contribution in [0.1, 0.15) is 10.4 Å². The summed E-state index contributed by atoms with van der Waals surface area (Å²) in [6.45, 7) is 0. The van der Waals surface area contributed by atoms with Crippen LogP contribution in [0.2, 0.25) is 4.34 Å². The molecule has 0 saturated carbocycles. The van der Waals surface area contributed by atoms with Gasteiger partial charge in [0, 0.05) is 8.96 Å². The minimum atomic E-state index is -0.912. The van der Waals surface area contributed by atoms with Gasteiger partial charge in [0.05, 0.1) is 14.6 Å². The lowest BCUT2D eigenvalue weighted by molar-refractivity contribution is 0.0699. The van der Waals surface area contributed by atoms with Gasteiger partial charge in [-0.3, -0.25) is 0 Å². The van der Waals surface area contributed by atoms with Crippen LogP contribution in [0.4, 0.5) is 0 Å². The second-order valence-corrected chi connectivity index (χ2v) is 5.54. The molecular formula is C9H4ClIO2S. The predicted octanol–water partition coefficient (Wildman–Crippen LogP) is 3.86. The maximum absolute atomic E-state index is 10.9. The third-order valence-corrected chi connectivity index (χ3v) is 4.07. The minimum absolute atomic E-state index is 0.317. The first-order valence-electron chi connectivity index (χ1n) is 3.70. The molecule has 2 nitrogen and oxygen atoms in total. The molecule has 5 heteroatoms. The quantitative estimate of drug-likeness (QED) is 0.802. The highest BCUT2D eigenvalue weighted by Gasteiger charge is 2.12. The molecule has 0 aliphatic carbocycles. The van der Waals surface area contributed by atoms with E-state index in [9.17, 15) is 4.79 Å². The highest BCUT2D eigenvalue weighted by atomic mass is 127. The maximum atomic E-state index is 10.9. The van der Waals surface area contributed by atoms with Crippen molar-refractivity contribution in [2.45, 2.75) is 0 Å². The monoisotopic (exact) mass is 338 g/mol. The van der Waals surface area contributed by atoms with Crippen molar-refractivity contribution in [2.24, 2.45) is 0 Å². The second-order valence-electron chi connectivity index (χ2n) is 2.69. The summed E-state index contributed by atoms with van der Waals surface area (Å²) in [4.78, 5) is 10.9. The Morgan fingerprint density at radius 1 is 1.50 bits per heavy atom. The van der Waals surface area contributed by atoms with Gasteiger partial charge in [0.15, 0.2) is 0 Å². The molecule has 1 heterocycles. The van der Waals surface area contributed by atoms with Gasteiger partial charge >= 0.3 is 5.97 Å². The summed E-state index contributed by atoms with van der Waals surface area (Å²) in [7, 11) is 0. The summed E-state index contributed by atoms with van der Waals surface area (Å²) in [6.07, 6.45) is 0. The smallest absolute Gasteiger partial charge is 0.337 e. The van der Waals surface area contributed by atoms with Crippen LogP contribution in [0.5, 0.6) is 0 Å². The van der Waals surface area contributed by atoms with Gasteiger partial charge in [-0.1, -0.05) is 11.6 Å². The van der Waals surface area contributed by atoms with E-state index < -0.39 is 5.97 Å². The highest BCUT2D eigenvalue weighted by molar-refractivity contribution is 14.1. The van der Waals surface area contributed by atoms with Gasteiger partial charge < -0.3 is 5.11 Å². The number of aromatic carboxylic acids is 1. The SMILES string of the molecule is O=C(O)c1ccc(I)c2cc(Cl)sc12. The van der Waals surface area contributed by atoms with Crippen LogP contribution in [-0.2, 0) is 0 Å². The van der Waals surface area contributed by atoms with Crippen LogP contribution < -0.4 is 0 Å². The molecule has 0 saturated heterocycles. The standard InChI is InChI=1S/C9H4ClIO2S/c10-7-3-5-6(11)2-1-4(9(12)13)8(5)14-7/h1-3H,(H,12,13). The number of benzene rings is 1. The van der Waals surface area contributed by atoms with E-state index in [1.807, 2.05) is 0 Å². The van der Waals surface area contributed by atoms with E-state index in [4.69, 9.17) is 16.7 Å². The molecule has 0 amide bonds. The zero-order valence-electron chi connectivity index (χ0n) is 6.75. The molecule has 2 aromatic rings. The number of carboxylic acid groups (broad SMARTS) is 1. The van der Waals surface area contributed by atoms with Gasteiger partial charge in [-0.15, -0.1) is 11.3 Å². The first-order chi connectivity index (χ1) is 6.59. The van der Waals surface area contributed by atoms with E-state index >= 15 is 0 Å². The summed E-state index contributed by atoms with van der Waals surface area (Å²) >= 11 is 9.32. The first-order valence-corrected chi connectivity index (χ1v) is 5.98. The average Bonchev–Trinajstić information content (AvgIpc) is 2.47. The molecule has 0 unspecified atom stereocenters. The Balaban J connectivity index is 2.87. The van der Waals surface area contributed by atoms with Gasteiger partial charge in [-0.25, -0.2) is 4.79 Å². The molecule has 0 fully saturated rings. The number of carbonyl (C=O) groups is 1. The van der Waals surface area contributed by atoms with E-state index in [-0.39, 0.29) is 0 Å². The Kier molecular flexibility index (Phi) is 2.68. The van der Waals surface area contributed by atoms with Crippen molar-refractivity contribution < 1.29 is 9.90 Å². The Labute approximate surface area is 103 Å². The lowest BCUT2D eigenvalue weighted by atomic mass is 10.2. The average molecular weight is 339 g/mol.